The van der Waals surface area contributed by atoms with Crippen LogP contribution in [-0.4, -0.2) is 30.8 Å². The summed E-state index contributed by atoms with van der Waals surface area (Å²) in [7, 11) is 0. The van der Waals surface area contributed by atoms with Gasteiger partial charge < -0.3 is 19.5 Å². The smallest absolute Gasteiger partial charge is 0.220 e. The van der Waals surface area contributed by atoms with E-state index < -0.39 is 12.1 Å². The fraction of sp³-hybridized carbons (Fsp3) is 0.543. The van der Waals surface area contributed by atoms with Gasteiger partial charge in [-0.05, 0) is 29.5 Å². The van der Waals surface area contributed by atoms with Crippen LogP contribution in [0.3, 0.4) is 0 Å². The first kappa shape index (κ1) is 42.2. The number of hydrogen-bond donors (Lipinski definition) is 1. The lowest BCUT2D eigenvalue weighted by atomic mass is 10.0. The van der Waals surface area contributed by atoms with Crippen LogP contribution in [-0.2, 0) is 38.8 Å². The molecule has 280 valence electrons. The number of ether oxygens (including phenoxy) is 3. The summed E-state index contributed by atoms with van der Waals surface area (Å²) in [6.07, 6.45) is 21.7. The second-order valence-electron chi connectivity index (χ2n) is 14.0. The SMILES string of the molecule is C=CC[C@@H](OCc1ccccc1)[C@@H](OCc1ccccc1)[C@H](COCc1ccccc1)NC(=O)CCCCCCCCCCCCCCCCC. The summed E-state index contributed by atoms with van der Waals surface area (Å²) in [6, 6.07) is 30.0. The van der Waals surface area contributed by atoms with Gasteiger partial charge in [0.25, 0.3) is 0 Å². The maximum absolute atomic E-state index is 13.5. The second kappa shape index (κ2) is 28.3. The fourth-order valence-electron chi connectivity index (χ4n) is 6.52. The lowest BCUT2D eigenvalue weighted by molar-refractivity contribution is -0.131. The second-order valence-corrected chi connectivity index (χ2v) is 14.0. The zero-order chi connectivity index (χ0) is 36.0. The molecule has 0 aromatic heterocycles. The summed E-state index contributed by atoms with van der Waals surface area (Å²) < 4.78 is 19.5. The van der Waals surface area contributed by atoms with E-state index in [9.17, 15) is 4.79 Å². The van der Waals surface area contributed by atoms with Gasteiger partial charge >= 0.3 is 0 Å². The van der Waals surface area contributed by atoms with Crippen LogP contribution in [0, 0.1) is 0 Å². The van der Waals surface area contributed by atoms with Crippen molar-refractivity contribution in [1.82, 2.24) is 5.32 Å². The number of carbonyl (C=O) groups is 1. The summed E-state index contributed by atoms with van der Waals surface area (Å²) in [6.45, 7) is 7.91. The average molecular weight is 698 g/mol. The molecule has 0 radical (unpaired) electrons. The van der Waals surface area contributed by atoms with Crippen LogP contribution in [0.25, 0.3) is 0 Å². The van der Waals surface area contributed by atoms with Crippen LogP contribution in [0.5, 0.6) is 0 Å². The van der Waals surface area contributed by atoms with Crippen LogP contribution >= 0.6 is 0 Å². The molecule has 0 aliphatic carbocycles. The normalized spacial score (nSPS) is 13.0. The molecule has 1 N–H and O–H groups in total. The predicted molar refractivity (Wildman–Crippen MR) is 212 cm³/mol. The summed E-state index contributed by atoms with van der Waals surface area (Å²) in [5.41, 5.74) is 3.24. The number of rotatable bonds is 31. The molecule has 0 fully saturated rings. The van der Waals surface area contributed by atoms with Crippen molar-refractivity contribution in [2.75, 3.05) is 6.61 Å². The van der Waals surface area contributed by atoms with E-state index in [1.54, 1.807) is 0 Å². The third-order valence-electron chi connectivity index (χ3n) is 9.52. The Morgan fingerprint density at radius 1 is 0.608 bits per heavy atom. The van der Waals surface area contributed by atoms with Crippen LogP contribution < -0.4 is 5.32 Å². The number of unbranched alkanes of at least 4 members (excludes halogenated alkanes) is 14. The summed E-state index contributed by atoms with van der Waals surface area (Å²) in [5, 5.41) is 3.32. The van der Waals surface area contributed by atoms with Gasteiger partial charge in [0, 0.05) is 6.42 Å². The van der Waals surface area contributed by atoms with Crippen LogP contribution in [0.15, 0.2) is 104 Å². The lowest BCUT2D eigenvalue weighted by Gasteiger charge is -2.34. The molecule has 3 aromatic carbocycles. The van der Waals surface area contributed by atoms with E-state index in [1.807, 2.05) is 60.7 Å². The highest BCUT2D eigenvalue weighted by Gasteiger charge is 2.32. The number of hydrogen-bond acceptors (Lipinski definition) is 4. The molecule has 0 spiro atoms. The van der Waals surface area contributed by atoms with Crippen molar-refractivity contribution in [3.05, 3.63) is 120 Å². The van der Waals surface area contributed by atoms with Gasteiger partial charge in [0.1, 0.15) is 6.10 Å². The lowest BCUT2D eigenvalue weighted by Crippen LogP contribution is -2.52. The molecule has 0 aliphatic heterocycles. The van der Waals surface area contributed by atoms with Gasteiger partial charge in [-0.2, -0.15) is 0 Å². The standard InChI is InChI=1S/C46H67NO4/c1-3-5-6-7-8-9-10-11-12-13-14-15-16-17-27-35-45(48)47-43(39-49-36-40-29-21-18-22-30-40)46(51-38-42-33-25-20-26-34-42)44(28-4-2)50-37-41-31-23-19-24-32-41/h4,18-26,29-34,43-44,46H,2-3,5-17,27-28,35-39H2,1H3,(H,47,48)/t43-,44+,46-/m0/s1. The molecule has 0 bridgehead atoms. The van der Waals surface area contributed by atoms with E-state index in [0.29, 0.717) is 39.3 Å². The van der Waals surface area contributed by atoms with Gasteiger partial charge in [0.15, 0.2) is 0 Å². The van der Waals surface area contributed by atoms with E-state index in [4.69, 9.17) is 14.2 Å². The first-order valence-corrected chi connectivity index (χ1v) is 20.0. The highest BCUT2D eigenvalue weighted by molar-refractivity contribution is 5.76. The molecule has 0 aliphatic rings. The van der Waals surface area contributed by atoms with E-state index in [1.165, 1.54) is 83.5 Å². The molecule has 5 nitrogen and oxygen atoms in total. The predicted octanol–water partition coefficient (Wildman–Crippen LogP) is 11.7. The fourth-order valence-corrected chi connectivity index (χ4v) is 6.52. The Morgan fingerprint density at radius 3 is 1.51 bits per heavy atom. The minimum atomic E-state index is -0.451. The molecule has 51 heavy (non-hydrogen) atoms. The van der Waals surface area contributed by atoms with Gasteiger partial charge in [-0.15, -0.1) is 6.58 Å². The summed E-state index contributed by atoms with van der Waals surface area (Å²) in [5.74, 6) is 0.0340. The third-order valence-corrected chi connectivity index (χ3v) is 9.52. The average Bonchev–Trinajstić information content (AvgIpc) is 3.16. The van der Waals surface area contributed by atoms with Gasteiger partial charge in [-0.3, -0.25) is 4.79 Å². The van der Waals surface area contributed by atoms with Gasteiger partial charge in [0.05, 0.1) is 38.6 Å². The third kappa shape index (κ3) is 19.8. The monoisotopic (exact) mass is 698 g/mol. The Kier molecular flexibility index (Phi) is 23.4. The molecular weight excluding hydrogens is 631 g/mol. The molecule has 0 unspecified atom stereocenters. The molecule has 1 amide bonds. The Labute approximate surface area is 310 Å². The molecule has 0 heterocycles. The van der Waals surface area contributed by atoms with Crippen molar-refractivity contribution in [2.24, 2.45) is 0 Å². The van der Waals surface area contributed by atoms with Crippen molar-refractivity contribution in [3.8, 4) is 0 Å². The van der Waals surface area contributed by atoms with Crippen molar-refractivity contribution >= 4 is 5.91 Å². The molecule has 3 atom stereocenters. The molecule has 5 heteroatoms. The zero-order valence-electron chi connectivity index (χ0n) is 31.7. The Balaban J connectivity index is 1.53. The van der Waals surface area contributed by atoms with Gasteiger partial charge in [0.2, 0.25) is 5.91 Å². The van der Waals surface area contributed by atoms with Crippen molar-refractivity contribution in [1.29, 1.82) is 0 Å². The minimum absolute atomic E-state index is 0.0340. The van der Waals surface area contributed by atoms with E-state index in [0.717, 1.165) is 29.5 Å². The highest BCUT2D eigenvalue weighted by atomic mass is 16.5. The van der Waals surface area contributed by atoms with Gasteiger partial charge in [-0.1, -0.05) is 194 Å². The van der Waals surface area contributed by atoms with Crippen molar-refractivity contribution < 1.29 is 19.0 Å². The Hall–Kier alpha value is -3.25. The zero-order valence-corrected chi connectivity index (χ0v) is 31.7. The van der Waals surface area contributed by atoms with Crippen molar-refractivity contribution in [3.63, 3.8) is 0 Å². The first-order chi connectivity index (χ1) is 25.2. The van der Waals surface area contributed by atoms with Crippen LogP contribution in [0.4, 0.5) is 0 Å². The maximum atomic E-state index is 13.5. The number of nitrogens with one attached hydrogen (secondary N) is 1. The summed E-state index contributed by atoms with van der Waals surface area (Å²) >= 11 is 0. The molecular formula is C46H67NO4. The Bertz CT molecular complexity index is 1250. The first-order valence-electron chi connectivity index (χ1n) is 20.0. The molecule has 3 aromatic rings. The summed E-state index contributed by atoms with van der Waals surface area (Å²) in [4.78, 5) is 13.5. The maximum Gasteiger partial charge on any atom is 0.220 e. The Morgan fingerprint density at radius 2 is 1.04 bits per heavy atom. The highest BCUT2D eigenvalue weighted by Crippen LogP contribution is 2.20. The van der Waals surface area contributed by atoms with Gasteiger partial charge in [-0.25, -0.2) is 0 Å². The molecule has 0 saturated carbocycles. The largest absolute Gasteiger partial charge is 0.375 e. The number of carbonyl (C=O) groups excluding carboxylic acids is 1. The number of benzene rings is 3. The van der Waals surface area contributed by atoms with E-state index in [-0.39, 0.29) is 12.0 Å². The van der Waals surface area contributed by atoms with Crippen LogP contribution in [0.1, 0.15) is 133 Å². The molecule has 3 rings (SSSR count). The topological polar surface area (TPSA) is 56.8 Å². The quantitative estimate of drug-likeness (QED) is 0.0537. The van der Waals surface area contributed by atoms with Crippen molar-refractivity contribution in [2.45, 2.75) is 154 Å². The van der Waals surface area contributed by atoms with E-state index >= 15 is 0 Å². The minimum Gasteiger partial charge on any atom is -0.375 e. The van der Waals surface area contributed by atoms with Crippen LogP contribution in [0.2, 0.25) is 0 Å². The molecule has 0 saturated heterocycles. The number of amides is 1. The van der Waals surface area contributed by atoms with E-state index in [2.05, 4.69) is 55.2 Å².